The van der Waals surface area contributed by atoms with Gasteiger partial charge in [-0.15, -0.1) is 0 Å². The van der Waals surface area contributed by atoms with Crippen molar-refractivity contribution < 1.29 is 9.53 Å². The van der Waals surface area contributed by atoms with E-state index in [1.165, 1.54) is 0 Å². The molecule has 1 aliphatic heterocycles. The zero-order valence-electron chi connectivity index (χ0n) is 11.8. The number of nitrogens with one attached hydrogen (secondary N) is 2. The van der Waals surface area contributed by atoms with E-state index in [9.17, 15) is 4.79 Å². The number of amides is 1. The van der Waals surface area contributed by atoms with E-state index >= 15 is 0 Å². The van der Waals surface area contributed by atoms with Crippen LogP contribution in [-0.4, -0.2) is 43.7 Å². The number of hydrogen-bond donors (Lipinski definition) is 2. The summed E-state index contributed by atoms with van der Waals surface area (Å²) >= 11 is 1.90. The molecule has 110 valence electrons. The van der Waals surface area contributed by atoms with Crippen LogP contribution in [0, 0.1) is 0 Å². The lowest BCUT2D eigenvalue weighted by molar-refractivity contribution is -0.122. The lowest BCUT2D eigenvalue weighted by atomic mass is 10.1. The van der Waals surface area contributed by atoms with Crippen molar-refractivity contribution in [1.29, 1.82) is 0 Å². The maximum atomic E-state index is 11.9. The lowest BCUT2D eigenvalue weighted by Gasteiger charge is -2.23. The molecule has 0 radical (unpaired) electrons. The number of carbonyl (C=O) groups excluding carboxylic acids is 1. The molecule has 1 aromatic carbocycles. The summed E-state index contributed by atoms with van der Waals surface area (Å²) in [5.41, 5.74) is 1.08. The summed E-state index contributed by atoms with van der Waals surface area (Å²) in [7, 11) is 1.67. The minimum Gasteiger partial charge on any atom is -0.375 e. The first kappa shape index (κ1) is 15.4. The molecule has 2 N–H and O–H groups in total. The number of thioether (sulfide) groups is 1. The predicted octanol–water partition coefficient (Wildman–Crippen LogP) is 1.59. The second-order valence-electron chi connectivity index (χ2n) is 4.87. The highest BCUT2D eigenvalue weighted by atomic mass is 32.2. The van der Waals surface area contributed by atoms with Crippen molar-refractivity contribution >= 4 is 17.7 Å². The number of ether oxygens (including phenoxy) is 1. The standard InChI is InChI=1S/C15H22N2O2S/c1-19-14(12-5-3-2-4-6-12)10-17-15(18)9-13-11-20-8-7-16-13/h2-6,13-14,16H,7-11H2,1H3,(H,17,18). The molecule has 1 saturated heterocycles. The fourth-order valence-corrected chi connectivity index (χ4v) is 3.21. The highest BCUT2D eigenvalue weighted by Gasteiger charge is 2.17. The van der Waals surface area contributed by atoms with E-state index in [0.717, 1.165) is 23.6 Å². The first-order valence-electron chi connectivity index (χ1n) is 6.95. The van der Waals surface area contributed by atoms with Gasteiger partial charge in [0.1, 0.15) is 0 Å². The first-order valence-corrected chi connectivity index (χ1v) is 8.10. The zero-order valence-corrected chi connectivity index (χ0v) is 12.6. The molecule has 2 atom stereocenters. The Hall–Kier alpha value is -1.04. The largest absolute Gasteiger partial charge is 0.375 e. The van der Waals surface area contributed by atoms with Crippen LogP contribution in [0.25, 0.3) is 0 Å². The number of hydrogen-bond acceptors (Lipinski definition) is 4. The Balaban J connectivity index is 1.76. The van der Waals surface area contributed by atoms with Crippen molar-refractivity contribution in [3.63, 3.8) is 0 Å². The second-order valence-corrected chi connectivity index (χ2v) is 6.02. The number of benzene rings is 1. The van der Waals surface area contributed by atoms with Gasteiger partial charge < -0.3 is 15.4 Å². The van der Waals surface area contributed by atoms with Gasteiger partial charge >= 0.3 is 0 Å². The van der Waals surface area contributed by atoms with Gasteiger partial charge in [0, 0.05) is 44.2 Å². The molecule has 0 bridgehead atoms. The third kappa shape index (κ3) is 4.81. The molecule has 1 aliphatic rings. The molecule has 20 heavy (non-hydrogen) atoms. The van der Waals surface area contributed by atoms with Crippen LogP contribution in [0.5, 0.6) is 0 Å². The van der Waals surface area contributed by atoms with Gasteiger partial charge in [-0.25, -0.2) is 0 Å². The van der Waals surface area contributed by atoms with Gasteiger partial charge in [0.25, 0.3) is 0 Å². The Morgan fingerprint density at radius 1 is 1.50 bits per heavy atom. The summed E-state index contributed by atoms with van der Waals surface area (Å²) in [5.74, 6) is 2.24. The predicted molar refractivity (Wildman–Crippen MR) is 82.9 cm³/mol. The molecule has 0 spiro atoms. The maximum absolute atomic E-state index is 11.9. The normalized spacial score (nSPS) is 20.4. The Morgan fingerprint density at radius 2 is 2.30 bits per heavy atom. The average Bonchev–Trinajstić information content (AvgIpc) is 2.50. The third-order valence-corrected chi connectivity index (χ3v) is 4.50. The molecule has 0 saturated carbocycles. The first-order chi connectivity index (χ1) is 9.79. The molecule has 2 unspecified atom stereocenters. The molecule has 0 aromatic heterocycles. The van der Waals surface area contributed by atoms with Gasteiger partial charge in [-0.3, -0.25) is 4.79 Å². The summed E-state index contributed by atoms with van der Waals surface area (Å²) < 4.78 is 5.44. The van der Waals surface area contributed by atoms with Crippen molar-refractivity contribution in [2.45, 2.75) is 18.6 Å². The highest BCUT2D eigenvalue weighted by molar-refractivity contribution is 7.99. The Bertz CT molecular complexity index is 408. The Labute approximate surface area is 124 Å². The van der Waals surface area contributed by atoms with Crippen molar-refractivity contribution in [2.75, 3.05) is 31.7 Å². The van der Waals surface area contributed by atoms with E-state index in [4.69, 9.17) is 4.74 Å². The van der Waals surface area contributed by atoms with E-state index in [2.05, 4.69) is 10.6 Å². The van der Waals surface area contributed by atoms with Crippen LogP contribution in [0.2, 0.25) is 0 Å². The fraction of sp³-hybridized carbons (Fsp3) is 0.533. The second kappa shape index (κ2) is 8.29. The van der Waals surface area contributed by atoms with Crippen LogP contribution in [0.4, 0.5) is 0 Å². The summed E-state index contributed by atoms with van der Waals surface area (Å²) in [5, 5.41) is 6.34. The van der Waals surface area contributed by atoms with E-state index in [1.807, 2.05) is 42.1 Å². The maximum Gasteiger partial charge on any atom is 0.221 e. The molecular formula is C15H22N2O2S. The van der Waals surface area contributed by atoms with Crippen molar-refractivity contribution in [2.24, 2.45) is 0 Å². The molecule has 1 aromatic rings. The zero-order chi connectivity index (χ0) is 14.2. The quantitative estimate of drug-likeness (QED) is 0.836. The molecule has 1 fully saturated rings. The van der Waals surface area contributed by atoms with Gasteiger partial charge in [-0.05, 0) is 5.56 Å². The summed E-state index contributed by atoms with van der Waals surface area (Å²) in [4.78, 5) is 11.9. The lowest BCUT2D eigenvalue weighted by Crippen LogP contribution is -2.42. The summed E-state index contributed by atoms with van der Waals surface area (Å²) in [6, 6.07) is 10.3. The topological polar surface area (TPSA) is 50.4 Å². The van der Waals surface area contributed by atoms with Gasteiger partial charge in [0.2, 0.25) is 5.91 Å². The van der Waals surface area contributed by atoms with Crippen LogP contribution < -0.4 is 10.6 Å². The van der Waals surface area contributed by atoms with E-state index in [1.54, 1.807) is 7.11 Å². The van der Waals surface area contributed by atoms with Gasteiger partial charge in [0.15, 0.2) is 0 Å². The Morgan fingerprint density at radius 3 is 2.95 bits per heavy atom. The average molecular weight is 294 g/mol. The monoisotopic (exact) mass is 294 g/mol. The van der Waals surface area contributed by atoms with Crippen LogP contribution in [-0.2, 0) is 9.53 Å². The molecule has 0 aliphatic carbocycles. The molecule has 1 amide bonds. The van der Waals surface area contributed by atoms with Crippen molar-refractivity contribution in [3.05, 3.63) is 35.9 Å². The minimum atomic E-state index is -0.0890. The smallest absolute Gasteiger partial charge is 0.221 e. The van der Waals surface area contributed by atoms with Crippen molar-refractivity contribution in [1.82, 2.24) is 10.6 Å². The minimum absolute atomic E-state index is 0.0861. The molecule has 1 heterocycles. The highest BCUT2D eigenvalue weighted by Crippen LogP contribution is 2.15. The van der Waals surface area contributed by atoms with Crippen LogP contribution in [0.3, 0.4) is 0 Å². The third-order valence-electron chi connectivity index (χ3n) is 3.37. The van der Waals surface area contributed by atoms with E-state index < -0.39 is 0 Å². The van der Waals surface area contributed by atoms with E-state index in [0.29, 0.717) is 19.0 Å². The van der Waals surface area contributed by atoms with Crippen LogP contribution >= 0.6 is 11.8 Å². The molecule has 2 rings (SSSR count). The Kier molecular flexibility index (Phi) is 6.36. The van der Waals surface area contributed by atoms with Gasteiger partial charge in [0.05, 0.1) is 6.10 Å². The van der Waals surface area contributed by atoms with E-state index in [-0.39, 0.29) is 12.0 Å². The summed E-state index contributed by atoms with van der Waals surface area (Å²) in [6.07, 6.45) is 0.451. The fourth-order valence-electron chi connectivity index (χ4n) is 2.26. The number of carbonyl (C=O) groups is 1. The molecule has 4 nitrogen and oxygen atoms in total. The van der Waals surface area contributed by atoms with Crippen LogP contribution in [0.1, 0.15) is 18.1 Å². The SMILES string of the molecule is COC(CNC(=O)CC1CSCCN1)c1ccccc1. The number of methoxy groups -OCH3 is 1. The van der Waals surface area contributed by atoms with Crippen molar-refractivity contribution in [3.8, 4) is 0 Å². The van der Waals surface area contributed by atoms with Crippen LogP contribution in [0.15, 0.2) is 30.3 Å². The molecule has 5 heteroatoms. The number of rotatable bonds is 6. The summed E-state index contributed by atoms with van der Waals surface area (Å²) in [6.45, 7) is 1.51. The van der Waals surface area contributed by atoms with Gasteiger partial charge in [-0.1, -0.05) is 30.3 Å². The van der Waals surface area contributed by atoms with Gasteiger partial charge in [-0.2, -0.15) is 11.8 Å². The molecular weight excluding hydrogens is 272 g/mol.